The second kappa shape index (κ2) is 5.31. The quantitative estimate of drug-likeness (QED) is 0.885. The molecule has 1 heterocycles. The number of nitrogens with zero attached hydrogens (tertiary/aromatic N) is 2. The normalized spacial score (nSPS) is 10.0. The van der Waals surface area contributed by atoms with E-state index in [0.717, 1.165) is 12.1 Å². The molecular weight excluding hydrogens is 290 g/mol. The van der Waals surface area contributed by atoms with Gasteiger partial charge in [-0.3, -0.25) is 0 Å². The van der Waals surface area contributed by atoms with Crippen LogP contribution in [-0.4, -0.2) is 4.98 Å². The lowest BCUT2D eigenvalue weighted by molar-refractivity contribution is 0.628. The van der Waals surface area contributed by atoms with E-state index >= 15 is 0 Å². The summed E-state index contributed by atoms with van der Waals surface area (Å²) in [5, 5.41) is 11.8. The Bertz CT molecular complexity index is 659. The summed E-state index contributed by atoms with van der Waals surface area (Å²) < 4.78 is 13.1. The summed E-state index contributed by atoms with van der Waals surface area (Å²) in [7, 11) is 0. The van der Waals surface area contributed by atoms with Crippen molar-refractivity contribution in [1.82, 2.24) is 4.98 Å². The zero-order valence-corrected chi connectivity index (χ0v) is 10.9. The lowest BCUT2D eigenvalue weighted by Gasteiger charge is -2.12. The minimum Gasteiger partial charge on any atom is -0.395 e. The summed E-state index contributed by atoms with van der Waals surface area (Å²) >= 11 is 11.8. The smallest absolute Gasteiger partial charge is 0.155 e. The van der Waals surface area contributed by atoms with Crippen molar-refractivity contribution in [2.24, 2.45) is 0 Å². The van der Waals surface area contributed by atoms with Crippen LogP contribution in [0.5, 0.6) is 0 Å². The standard InChI is InChI=1S/C12H7Cl2FN4/c13-8-3-7(15)4-9(14)11(8)19-12-10(17)6(5-16)1-2-18-12/h1-4H,17H2,(H,18,19). The van der Waals surface area contributed by atoms with Gasteiger partial charge in [0.1, 0.15) is 11.9 Å². The molecule has 0 radical (unpaired) electrons. The van der Waals surface area contributed by atoms with Gasteiger partial charge >= 0.3 is 0 Å². The molecule has 0 fully saturated rings. The lowest BCUT2D eigenvalue weighted by Crippen LogP contribution is -2.02. The molecule has 4 nitrogen and oxygen atoms in total. The Morgan fingerprint density at radius 2 is 1.95 bits per heavy atom. The van der Waals surface area contributed by atoms with E-state index in [2.05, 4.69) is 10.3 Å². The fourth-order valence-electron chi connectivity index (χ4n) is 1.45. The summed E-state index contributed by atoms with van der Waals surface area (Å²) in [5.41, 5.74) is 6.48. The second-order valence-corrected chi connectivity index (χ2v) is 4.42. The minimum atomic E-state index is -0.549. The van der Waals surface area contributed by atoms with E-state index in [1.54, 1.807) is 0 Å². The molecule has 0 aliphatic rings. The predicted molar refractivity (Wildman–Crippen MR) is 73.1 cm³/mol. The number of nitriles is 1. The molecule has 0 aliphatic carbocycles. The highest BCUT2D eigenvalue weighted by molar-refractivity contribution is 6.39. The molecule has 7 heteroatoms. The molecule has 2 rings (SSSR count). The van der Waals surface area contributed by atoms with E-state index in [4.69, 9.17) is 34.2 Å². The molecule has 0 aliphatic heterocycles. The van der Waals surface area contributed by atoms with Gasteiger partial charge in [0.25, 0.3) is 0 Å². The maximum absolute atomic E-state index is 13.1. The Hall–Kier alpha value is -2.03. The van der Waals surface area contributed by atoms with Gasteiger partial charge < -0.3 is 11.1 Å². The first-order chi connectivity index (χ1) is 9.02. The van der Waals surface area contributed by atoms with Gasteiger partial charge in [-0.2, -0.15) is 5.26 Å². The first-order valence-corrected chi connectivity index (χ1v) is 5.84. The largest absolute Gasteiger partial charge is 0.395 e. The number of hydrogen-bond acceptors (Lipinski definition) is 4. The Morgan fingerprint density at radius 3 is 2.53 bits per heavy atom. The number of nitrogens with one attached hydrogen (secondary N) is 1. The Kier molecular flexibility index (Phi) is 3.74. The molecule has 0 saturated carbocycles. The average molecular weight is 297 g/mol. The van der Waals surface area contributed by atoms with Gasteiger partial charge in [-0.1, -0.05) is 23.2 Å². The van der Waals surface area contributed by atoms with Gasteiger partial charge in [0.05, 0.1) is 27.0 Å². The van der Waals surface area contributed by atoms with E-state index in [0.29, 0.717) is 0 Å². The molecule has 0 unspecified atom stereocenters. The van der Waals surface area contributed by atoms with Crippen molar-refractivity contribution in [1.29, 1.82) is 5.26 Å². The van der Waals surface area contributed by atoms with Gasteiger partial charge in [0, 0.05) is 6.20 Å². The molecule has 96 valence electrons. The van der Waals surface area contributed by atoms with Gasteiger partial charge in [0.15, 0.2) is 5.82 Å². The number of hydrogen-bond donors (Lipinski definition) is 2. The summed E-state index contributed by atoms with van der Waals surface area (Å²) in [6.07, 6.45) is 1.42. The average Bonchev–Trinajstić information content (AvgIpc) is 2.35. The Labute approximate surface area is 118 Å². The minimum absolute atomic E-state index is 0.0913. The van der Waals surface area contributed by atoms with Gasteiger partial charge in [-0.15, -0.1) is 0 Å². The van der Waals surface area contributed by atoms with Crippen LogP contribution in [0.25, 0.3) is 0 Å². The number of pyridine rings is 1. The molecule has 1 aromatic carbocycles. The molecule has 1 aromatic heterocycles. The topological polar surface area (TPSA) is 74.7 Å². The number of benzene rings is 1. The van der Waals surface area contributed by atoms with Crippen molar-refractivity contribution in [2.45, 2.75) is 0 Å². The van der Waals surface area contributed by atoms with Crippen LogP contribution in [0.4, 0.5) is 21.6 Å². The number of rotatable bonds is 2. The predicted octanol–water partition coefficient (Wildman–Crippen LogP) is 3.72. The summed E-state index contributed by atoms with van der Waals surface area (Å²) in [6.45, 7) is 0. The molecular formula is C12H7Cl2FN4. The molecule has 0 spiro atoms. The molecule has 0 amide bonds. The summed E-state index contributed by atoms with van der Waals surface area (Å²) in [5.74, 6) is -0.318. The highest BCUT2D eigenvalue weighted by atomic mass is 35.5. The van der Waals surface area contributed by atoms with Crippen molar-refractivity contribution < 1.29 is 4.39 Å². The Balaban J connectivity index is 2.46. The van der Waals surface area contributed by atoms with Gasteiger partial charge in [-0.05, 0) is 18.2 Å². The van der Waals surface area contributed by atoms with E-state index < -0.39 is 5.82 Å². The first kappa shape index (κ1) is 13.4. The van der Waals surface area contributed by atoms with Crippen molar-refractivity contribution in [3.8, 4) is 6.07 Å². The highest BCUT2D eigenvalue weighted by Gasteiger charge is 2.12. The fraction of sp³-hybridized carbons (Fsp3) is 0. The first-order valence-electron chi connectivity index (χ1n) is 5.09. The van der Waals surface area contributed by atoms with Crippen LogP contribution in [-0.2, 0) is 0 Å². The maximum atomic E-state index is 13.1. The van der Waals surface area contributed by atoms with Crippen molar-refractivity contribution in [2.75, 3.05) is 11.1 Å². The van der Waals surface area contributed by atoms with Crippen molar-refractivity contribution in [3.63, 3.8) is 0 Å². The monoisotopic (exact) mass is 296 g/mol. The number of anilines is 3. The van der Waals surface area contributed by atoms with Crippen LogP contribution in [0.2, 0.25) is 10.0 Å². The van der Waals surface area contributed by atoms with Crippen LogP contribution >= 0.6 is 23.2 Å². The number of aromatic nitrogens is 1. The summed E-state index contributed by atoms with van der Waals surface area (Å²) in [6, 6.07) is 5.63. The van der Waals surface area contributed by atoms with E-state index in [1.165, 1.54) is 12.3 Å². The molecule has 0 atom stereocenters. The zero-order valence-electron chi connectivity index (χ0n) is 9.42. The van der Waals surface area contributed by atoms with Crippen molar-refractivity contribution in [3.05, 3.63) is 45.8 Å². The molecule has 0 saturated heterocycles. The third kappa shape index (κ3) is 2.70. The molecule has 2 aromatic rings. The van der Waals surface area contributed by atoms with Crippen LogP contribution in [0, 0.1) is 17.1 Å². The van der Waals surface area contributed by atoms with Crippen LogP contribution in [0.1, 0.15) is 5.56 Å². The lowest BCUT2D eigenvalue weighted by atomic mass is 10.2. The second-order valence-electron chi connectivity index (χ2n) is 3.60. The fourth-order valence-corrected chi connectivity index (χ4v) is 2.01. The number of nitrogen functional groups attached to an aromatic ring is 1. The third-order valence-electron chi connectivity index (χ3n) is 2.36. The molecule has 3 N–H and O–H groups in total. The maximum Gasteiger partial charge on any atom is 0.155 e. The molecule has 19 heavy (non-hydrogen) atoms. The van der Waals surface area contributed by atoms with E-state index in [-0.39, 0.29) is 32.8 Å². The van der Waals surface area contributed by atoms with Crippen LogP contribution in [0.15, 0.2) is 24.4 Å². The van der Waals surface area contributed by atoms with E-state index in [9.17, 15) is 4.39 Å². The van der Waals surface area contributed by atoms with E-state index in [1.807, 2.05) is 6.07 Å². The molecule has 0 bridgehead atoms. The highest BCUT2D eigenvalue weighted by Crippen LogP contribution is 2.34. The SMILES string of the molecule is N#Cc1ccnc(Nc2c(Cl)cc(F)cc2Cl)c1N. The van der Waals surface area contributed by atoms with Crippen LogP contribution in [0.3, 0.4) is 0 Å². The number of nitrogens with two attached hydrogens (primary N) is 1. The van der Waals surface area contributed by atoms with Crippen LogP contribution < -0.4 is 11.1 Å². The summed E-state index contributed by atoms with van der Waals surface area (Å²) in [4.78, 5) is 3.99. The Morgan fingerprint density at radius 1 is 1.32 bits per heavy atom. The third-order valence-corrected chi connectivity index (χ3v) is 2.96. The van der Waals surface area contributed by atoms with Crippen molar-refractivity contribution >= 4 is 40.4 Å². The van der Waals surface area contributed by atoms with Gasteiger partial charge in [0.2, 0.25) is 0 Å². The number of halogens is 3. The van der Waals surface area contributed by atoms with Gasteiger partial charge in [-0.25, -0.2) is 9.37 Å². The zero-order chi connectivity index (χ0) is 14.0.